The molecule has 0 radical (unpaired) electrons. The van der Waals surface area contributed by atoms with Crippen molar-refractivity contribution in [3.8, 4) is 0 Å². The first-order valence-corrected chi connectivity index (χ1v) is 7.64. The first kappa shape index (κ1) is 18.5. The van der Waals surface area contributed by atoms with Crippen LogP contribution in [0.2, 0.25) is 0 Å². The van der Waals surface area contributed by atoms with Gasteiger partial charge in [-0.3, -0.25) is 0 Å². The predicted octanol–water partition coefficient (Wildman–Crippen LogP) is 5.91. The summed E-state index contributed by atoms with van der Waals surface area (Å²) in [6.07, 6.45) is 5.88. The molecule has 1 atom stereocenters. The highest BCUT2D eigenvalue weighted by Crippen LogP contribution is 2.44. The van der Waals surface area contributed by atoms with Crippen LogP contribution >= 0.6 is 0 Å². The summed E-state index contributed by atoms with van der Waals surface area (Å²) in [4.78, 5) is 0. The summed E-state index contributed by atoms with van der Waals surface area (Å²) in [5.74, 6) is 1.92. The van der Waals surface area contributed by atoms with Gasteiger partial charge in [0.25, 0.3) is 0 Å². The molecule has 1 unspecified atom stereocenters. The van der Waals surface area contributed by atoms with Crippen LogP contribution in [0, 0.1) is 23.2 Å². The summed E-state index contributed by atoms with van der Waals surface area (Å²) >= 11 is 0. The Bertz CT molecular complexity index is 240. The van der Waals surface area contributed by atoms with Crippen LogP contribution in [0.25, 0.3) is 0 Å². The molecule has 0 spiro atoms. The first-order valence-electron chi connectivity index (χ1n) is 7.64. The number of hydrogen-bond donors (Lipinski definition) is 1. The number of aliphatic hydroxyl groups is 1. The van der Waals surface area contributed by atoms with Crippen LogP contribution in [0.5, 0.6) is 0 Å². The van der Waals surface area contributed by atoms with Gasteiger partial charge in [0, 0.05) is 0 Å². The number of halogens is 1. The zero-order valence-electron chi connectivity index (χ0n) is 13.5. The summed E-state index contributed by atoms with van der Waals surface area (Å²) in [5.41, 5.74) is -0.121. The molecule has 1 aliphatic carbocycles. The molecule has 1 N–H and O–H groups in total. The average Bonchev–Trinajstić information content (AvgIpc) is 2.29. The van der Waals surface area contributed by atoms with Crippen molar-refractivity contribution in [2.24, 2.45) is 23.2 Å². The van der Waals surface area contributed by atoms with Crippen molar-refractivity contribution in [1.29, 1.82) is 0 Å². The van der Waals surface area contributed by atoms with Gasteiger partial charge in [0.05, 0.1) is 6.26 Å². The molecule has 1 nitrogen and oxygen atoms in total. The number of aliphatic hydroxyl groups excluding tert-OH is 1. The zero-order chi connectivity index (χ0) is 15.1. The van der Waals surface area contributed by atoms with Gasteiger partial charge in [-0.05, 0) is 42.4 Å². The van der Waals surface area contributed by atoms with Crippen LogP contribution in [-0.4, -0.2) is 11.3 Å². The molecule has 0 bridgehead atoms. The molecule has 114 valence electrons. The molecule has 0 aromatic rings. The molecule has 2 heteroatoms. The number of alkyl halides is 1. The topological polar surface area (TPSA) is 20.2 Å². The van der Waals surface area contributed by atoms with Gasteiger partial charge in [-0.2, -0.15) is 0 Å². The number of hydrogen-bond acceptors (Lipinski definition) is 1. The first-order chi connectivity index (χ1) is 8.75. The van der Waals surface area contributed by atoms with Gasteiger partial charge in [-0.1, -0.05) is 54.0 Å². The van der Waals surface area contributed by atoms with E-state index in [1.807, 2.05) is 0 Å². The second-order valence-corrected chi connectivity index (χ2v) is 7.06. The minimum atomic E-state index is -0.633. The van der Waals surface area contributed by atoms with E-state index < -0.39 is 6.17 Å². The van der Waals surface area contributed by atoms with Gasteiger partial charge in [0.15, 0.2) is 0 Å². The maximum Gasteiger partial charge on any atom is 0.106 e. The van der Waals surface area contributed by atoms with Crippen molar-refractivity contribution in [2.45, 2.75) is 72.9 Å². The molecular weight excluding hydrogens is 239 g/mol. The monoisotopic (exact) mass is 272 g/mol. The molecule has 1 saturated carbocycles. The summed E-state index contributed by atoms with van der Waals surface area (Å²) in [6.45, 7) is 13.8. The summed E-state index contributed by atoms with van der Waals surface area (Å²) in [6, 6.07) is 0. The summed E-state index contributed by atoms with van der Waals surface area (Å²) in [5, 5.41) is 7.33. The second-order valence-electron chi connectivity index (χ2n) is 7.06. The van der Waals surface area contributed by atoms with Crippen molar-refractivity contribution in [1.82, 2.24) is 0 Å². The quantitative estimate of drug-likeness (QED) is 0.631. The van der Waals surface area contributed by atoms with Crippen LogP contribution in [0.3, 0.4) is 0 Å². The lowest BCUT2D eigenvalue weighted by Crippen LogP contribution is -2.36. The molecule has 0 aromatic carbocycles. The normalized spacial score (nSPS) is 25.4. The largest absolute Gasteiger partial charge is 0.516 e. The van der Waals surface area contributed by atoms with Crippen LogP contribution in [0.4, 0.5) is 4.39 Å². The Hall–Kier alpha value is -0.530. The Morgan fingerprint density at radius 2 is 1.68 bits per heavy atom. The van der Waals surface area contributed by atoms with Gasteiger partial charge in [0.2, 0.25) is 0 Å². The molecule has 19 heavy (non-hydrogen) atoms. The molecule has 1 aliphatic rings. The number of rotatable bonds is 4. The Balaban J connectivity index is 0.000000982. The third-order valence-electron chi connectivity index (χ3n) is 4.55. The van der Waals surface area contributed by atoms with Crippen LogP contribution < -0.4 is 0 Å². The lowest BCUT2D eigenvalue weighted by molar-refractivity contribution is 0.0327. The Morgan fingerprint density at radius 1 is 1.26 bits per heavy atom. The standard InChI is InChI=1S/C15H29F.C2H4O/c1-11(2)10-14(16)15(4,5)13-8-6-12(3)7-9-13;1-2-3/h11-14H,6-10H2,1-5H3;2-3H,1H2. The van der Waals surface area contributed by atoms with E-state index in [1.54, 1.807) is 0 Å². The molecular formula is C17H33FO. The Labute approximate surface area is 119 Å². The fraction of sp³-hybridized carbons (Fsp3) is 0.882. The highest BCUT2D eigenvalue weighted by atomic mass is 19.1. The van der Waals surface area contributed by atoms with E-state index in [4.69, 9.17) is 5.11 Å². The van der Waals surface area contributed by atoms with Gasteiger partial charge in [-0.25, -0.2) is 4.39 Å². The maximum atomic E-state index is 14.3. The lowest BCUT2D eigenvalue weighted by atomic mass is 9.66. The fourth-order valence-electron chi connectivity index (χ4n) is 2.98. The van der Waals surface area contributed by atoms with Crippen LogP contribution in [0.15, 0.2) is 12.8 Å². The van der Waals surface area contributed by atoms with E-state index in [0.717, 1.165) is 18.6 Å². The Morgan fingerprint density at radius 3 is 2.05 bits per heavy atom. The van der Waals surface area contributed by atoms with Crippen molar-refractivity contribution in [3.63, 3.8) is 0 Å². The smallest absolute Gasteiger partial charge is 0.106 e. The minimum absolute atomic E-state index is 0.121. The van der Waals surface area contributed by atoms with Crippen molar-refractivity contribution in [2.75, 3.05) is 0 Å². The van der Waals surface area contributed by atoms with Gasteiger partial charge in [-0.15, -0.1) is 0 Å². The summed E-state index contributed by atoms with van der Waals surface area (Å²) in [7, 11) is 0. The van der Waals surface area contributed by atoms with Crippen LogP contribution in [0.1, 0.15) is 66.7 Å². The van der Waals surface area contributed by atoms with Crippen molar-refractivity contribution < 1.29 is 9.50 Å². The summed E-state index contributed by atoms with van der Waals surface area (Å²) < 4.78 is 14.3. The van der Waals surface area contributed by atoms with E-state index in [1.165, 1.54) is 25.7 Å². The molecule has 0 amide bonds. The molecule has 0 aliphatic heterocycles. The highest BCUT2D eigenvalue weighted by molar-refractivity contribution is 4.88. The maximum absolute atomic E-state index is 14.3. The average molecular weight is 272 g/mol. The van der Waals surface area contributed by atoms with Gasteiger partial charge in [0.1, 0.15) is 6.17 Å². The molecule has 1 rings (SSSR count). The molecule has 1 fully saturated rings. The zero-order valence-corrected chi connectivity index (χ0v) is 13.5. The SMILES string of the molecule is C=CO.CC(C)CC(F)C(C)(C)C1CCC(C)CC1. The third-order valence-corrected chi connectivity index (χ3v) is 4.55. The molecule has 0 heterocycles. The predicted molar refractivity (Wildman–Crippen MR) is 82.1 cm³/mol. The lowest BCUT2D eigenvalue weighted by Gasteiger charge is -2.41. The third kappa shape index (κ3) is 6.44. The van der Waals surface area contributed by atoms with E-state index in [-0.39, 0.29) is 5.41 Å². The molecule has 0 saturated heterocycles. The van der Waals surface area contributed by atoms with E-state index >= 15 is 0 Å². The van der Waals surface area contributed by atoms with Crippen molar-refractivity contribution >= 4 is 0 Å². The van der Waals surface area contributed by atoms with E-state index in [2.05, 4.69) is 41.2 Å². The fourth-order valence-corrected chi connectivity index (χ4v) is 2.98. The molecule has 0 aromatic heterocycles. The Kier molecular flexibility index (Phi) is 8.36. The second kappa shape index (κ2) is 8.60. The van der Waals surface area contributed by atoms with Crippen molar-refractivity contribution in [3.05, 3.63) is 12.8 Å². The minimum Gasteiger partial charge on any atom is -0.516 e. The van der Waals surface area contributed by atoms with Gasteiger partial charge < -0.3 is 5.11 Å². The van der Waals surface area contributed by atoms with Gasteiger partial charge >= 0.3 is 0 Å². The van der Waals surface area contributed by atoms with E-state index in [9.17, 15) is 4.39 Å². The highest BCUT2D eigenvalue weighted by Gasteiger charge is 2.38. The van der Waals surface area contributed by atoms with E-state index in [0.29, 0.717) is 11.8 Å². The van der Waals surface area contributed by atoms with Crippen LogP contribution in [-0.2, 0) is 0 Å².